The summed E-state index contributed by atoms with van der Waals surface area (Å²) in [5, 5.41) is 0. The number of allylic oxidation sites excluding steroid dienone is 26. The third-order valence-electron chi connectivity index (χ3n) is 11.5. The molecule has 0 aliphatic carbocycles. The Kier molecular flexibility index (Phi) is 52.2. The zero-order valence-electron chi connectivity index (χ0n) is 48.4. The topological polar surface area (TPSA) is 111 Å². The fourth-order valence-corrected chi connectivity index (χ4v) is 7.76. The molecule has 0 aromatic carbocycles. The lowest BCUT2D eigenvalue weighted by Gasteiger charge is -2.28. The zero-order valence-corrected chi connectivity index (χ0v) is 49.3. The van der Waals surface area contributed by atoms with Crippen molar-refractivity contribution in [3.8, 4) is 0 Å². The second kappa shape index (κ2) is 55.4. The summed E-state index contributed by atoms with van der Waals surface area (Å²) >= 11 is 0. The van der Waals surface area contributed by atoms with Crippen molar-refractivity contribution in [2.45, 2.75) is 200 Å². The summed E-state index contributed by atoms with van der Waals surface area (Å²) in [4.78, 5) is 37.7. The molecule has 0 aliphatic rings. The van der Waals surface area contributed by atoms with Crippen LogP contribution in [0.3, 0.4) is 0 Å². The fourth-order valence-electron chi connectivity index (χ4n) is 7.03. The number of phosphoric ester groups is 1. The Bertz CT molecular complexity index is 1840. The number of likely N-dealkylation sites (N-methyl/N-ethyl adjacent to an activating group) is 1. The van der Waals surface area contributed by atoms with Crippen LogP contribution in [-0.2, 0) is 32.7 Å². The highest BCUT2D eigenvalue weighted by Crippen LogP contribution is 2.38. The SMILES string of the molecule is CC/C=C\C/C=C\C/C=C\C/C=C\C/C=C\C/C=C\C/C=C\C/C=C\C/C=C\C/C=C\C/C=C\C/C=C\CCCCCCC(=O)OC(COC(=O)CCCCCCC/C=C\CCCC)COP(=O)([O-])OCC[N+](C)(C)C. The third kappa shape index (κ3) is 58.9. The Morgan fingerprint density at radius 2 is 0.750 bits per heavy atom. The highest BCUT2D eigenvalue weighted by molar-refractivity contribution is 7.45. The number of esters is 2. The number of phosphoric acid groups is 1. The second-order valence-electron chi connectivity index (χ2n) is 19.9. The van der Waals surface area contributed by atoms with Gasteiger partial charge in [0.2, 0.25) is 0 Å². The Hall–Kier alpha value is -4.37. The van der Waals surface area contributed by atoms with Crippen molar-refractivity contribution in [3.05, 3.63) is 158 Å². The van der Waals surface area contributed by atoms with Gasteiger partial charge >= 0.3 is 11.9 Å². The number of nitrogens with zero attached hydrogens (tertiary/aromatic N) is 1. The molecule has 0 saturated carbocycles. The van der Waals surface area contributed by atoms with Crippen molar-refractivity contribution in [1.29, 1.82) is 0 Å². The normalized spacial score (nSPS) is 14.4. The first kappa shape index (κ1) is 71.6. The van der Waals surface area contributed by atoms with Gasteiger partial charge in [0.1, 0.15) is 19.8 Å². The number of rotatable bonds is 51. The molecule has 0 heterocycles. The standard InChI is InChI=1S/C66H106NO8P/c1-6-8-10-12-14-16-18-19-20-21-22-23-24-25-26-27-28-29-30-31-32-33-34-35-36-37-38-39-40-41-42-43-44-45-46-47-49-51-53-55-57-59-66(69)75-64(63-74-76(70,71)73-61-60-67(3,4)5)62-72-65(68)58-56-54-52-50-48-17-15-13-11-9-7-2/h8,10,13-16,19-20,22-23,25-26,28-29,31-32,34-35,37-38,40-41,43-44,46-47,64H,6-7,9,11-12,17-18,21,24,27,30,33,36,39,42,45,48-63H2,1-5H3/b10-8-,15-13-,16-14-,20-19-,23-22-,26-25-,29-28-,32-31-,35-34-,38-37-,41-40-,44-43-,47-46-. The lowest BCUT2D eigenvalue weighted by atomic mass is 10.1. The summed E-state index contributed by atoms with van der Waals surface area (Å²) in [5.74, 6) is -0.889. The summed E-state index contributed by atoms with van der Waals surface area (Å²) in [7, 11) is 1.12. The number of quaternary nitrogens is 1. The monoisotopic (exact) mass is 1070 g/mol. The summed E-state index contributed by atoms with van der Waals surface area (Å²) in [6, 6.07) is 0. The van der Waals surface area contributed by atoms with E-state index >= 15 is 0 Å². The molecule has 2 atom stereocenters. The molecule has 0 radical (unpaired) electrons. The molecule has 10 heteroatoms. The highest BCUT2D eigenvalue weighted by atomic mass is 31.2. The van der Waals surface area contributed by atoms with Gasteiger partial charge in [-0.3, -0.25) is 14.2 Å². The van der Waals surface area contributed by atoms with Crippen LogP contribution in [0.5, 0.6) is 0 Å². The van der Waals surface area contributed by atoms with Gasteiger partial charge in [0.05, 0.1) is 27.7 Å². The van der Waals surface area contributed by atoms with E-state index in [-0.39, 0.29) is 26.1 Å². The van der Waals surface area contributed by atoms with E-state index < -0.39 is 32.5 Å². The van der Waals surface area contributed by atoms with Gasteiger partial charge in [-0.15, -0.1) is 0 Å². The molecule has 428 valence electrons. The quantitative estimate of drug-likeness (QED) is 0.0195. The van der Waals surface area contributed by atoms with Gasteiger partial charge in [0, 0.05) is 12.8 Å². The van der Waals surface area contributed by atoms with Gasteiger partial charge in [0.25, 0.3) is 7.82 Å². The van der Waals surface area contributed by atoms with Crippen molar-refractivity contribution in [2.24, 2.45) is 0 Å². The van der Waals surface area contributed by atoms with E-state index in [0.717, 1.165) is 141 Å². The molecule has 76 heavy (non-hydrogen) atoms. The van der Waals surface area contributed by atoms with E-state index in [1.807, 2.05) is 21.1 Å². The molecule has 0 aromatic heterocycles. The van der Waals surface area contributed by atoms with Crippen molar-refractivity contribution >= 4 is 19.8 Å². The predicted molar refractivity (Wildman–Crippen MR) is 323 cm³/mol. The second-order valence-corrected chi connectivity index (χ2v) is 21.3. The maximum absolute atomic E-state index is 12.7. The lowest BCUT2D eigenvalue weighted by molar-refractivity contribution is -0.870. The van der Waals surface area contributed by atoms with Crippen LogP contribution in [0.2, 0.25) is 0 Å². The molecule has 0 N–H and O–H groups in total. The first-order valence-electron chi connectivity index (χ1n) is 29.2. The van der Waals surface area contributed by atoms with Gasteiger partial charge < -0.3 is 27.9 Å². The Morgan fingerprint density at radius 3 is 1.13 bits per heavy atom. The molecule has 0 bridgehead atoms. The molecule has 2 unspecified atom stereocenters. The molecular weight excluding hydrogens is 966 g/mol. The van der Waals surface area contributed by atoms with Crippen LogP contribution in [0.15, 0.2) is 158 Å². The summed E-state index contributed by atoms with van der Waals surface area (Å²) < 4.78 is 34.0. The predicted octanol–water partition coefficient (Wildman–Crippen LogP) is 17.8. The zero-order chi connectivity index (χ0) is 55.6. The molecule has 0 rings (SSSR count). The average molecular weight is 1070 g/mol. The van der Waals surface area contributed by atoms with Crippen LogP contribution in [0.1, 0.15) is 194 Å². The van der Waals surface area contributed by atoms with Crippen LogP contribution in [0, 0.1) is 0 Å². The molecule has 0 amide bonds. The first-order chi connectivity index (χ1) is 37.0. The first-order valence-corrected chi connectivity index (χ1v) is 30.7. The van der Waals surface area contributed by atoms with Crippen molar-refractivity contribution in [1.82, 2.24) is 0 Å². The molecule has 0 aromatic rings. The van der Waals surface area contributed by atoms with Gasteiger partial charge in [-0.2, -0.15) is 0 Å². The van der Waals surface area contributed by atoms with Crippen molar-refractivity contribution in [3.63, 3.8) is 0 Å². The van der Waals surface area contributed by atoms with Crippen molar-refractivity contribution in [2.75, 3.05) is 47.5 Å². The summed E-state index contributed by atoms with van der Waals surface area (Å²) in [6.45, 7) is 4.00. The Morgan fingerprint density at radius 1 is 0.421 bits per heavy atom. The number of carbonyl (C=O) groups is 2. The van der Waals surface area contributed by atoms with E-state index in [0.29, 0.717) is 23.9 Å². The summed E-state index contributed by atoms with van der Waals surface area (Å²) in [5.41, 5.74) is 0. The maximum Gasteiger partial charge on any atom is 0.306 e. The smallest absolute Gasteiger partial charge is 0.306 e. The van der Waals surface area contributed by atoms with E-state index in [1.54, 1.807) is 0 Å². The largest absolute Gasteiger partial charge is 0.756 e. The van der Waals surface area contributed by atoms with Gasteiger partial charge in [0.15, 0.2) is 6.10 Å². The third-order valence-corrected chi connectivity index (χ3v) is 12.5. The van der Waals surface area contributed by atoms with E-state index in [9.17, 15) is 19.0 Å². The molecule has 0 spiro atoms. The van der Waals surface area contributed by atoms with Crippen LogP contribution in [0.25, 0.3) is 0 Å². The highest BCUT2D eigenvalue weighted by Gasteiger charge is 2.21. The fraction of sp³-hybridized carbons (Fsp3) is 0.576. The number of ether oxygens (including phenoxy) is 2. The minimum atomic E-state index is -4.65. The number of hydrogen-bond acceptors (Lipinski definition) is 8. The molecule has 0 saturated heterocycles. The molecular formula is C66H106NO8P. The molecule has 0 fully saturated rings. The Labute approximate surface area is 465 Å². The van der Waals surface area contributed by atoms with Crippen LogP contribution in [-0.4, -0.2) is 70.0 Å². The maximum atomic E-state index is 12.7. The van der Waals surface area contributed by atoms with E-state index in [4.69, 9.17) is 18.5 Å². The molecule has 0 aliphatic heterocycles. The summed E-state index contributed by atoms with van der Waals surface area (Å²) in [6.07, 6.45) is 83.1. The average Bonchev–Trinajstić information content (AvgIpc) is 3.38. The van der Waals surface area contributed by atoms with Gasteiger partial charge in [-0.05, 0) is 122 Å². The minimum Gasteiger partial charge on any atom is -0.756 e. The molecule has 9 nitrogen and oxygen atoms in total. The van der Waals surface area contributed by atoms with E-state index in [2.05, 4.69) is 172 Å². The van der Waals surface area contributed by atoms with Crippen LogP contribution in [0.4, 0.5) is 0 Å². The Balaban J connectivity index is 4.17. The van der Waals surface area contributed by atoms with Gasteiger partial charge in [-0.1, -0.05) is 217 Å². The van der Waals surface area contributed by atoms with Crippen molar-refractivity contribution < 1.29 is 42.1 Å². The lowest BCUT2D eigenvalue weighted by Crippen LogP contribution is -2.37. The van der Waals surface area contributed by atoms with Crippen LogP contribution < -0.4 is 4.89 Å². The van der Waals surface area contributed by atoms with E-state index in [1.165, 1.54) is 12.8 Å². The van der Waals surface area contributed by atoms with Crippen LogP contribution >= 0.6 is 7.82 Å². The number of hydrogen-bond donors (Lipinski definition) is 0. The van der Waals surface area contributed by atoms with Gasteiger partial charge in [-0.25, -0.2) is 0 Å². The number of unbranched alkanes of at least 4 members (excludes halogenated alkanes) is 11. The number of carbonyl (C=O) groups excluding carboxylic acids is 2. The minimum absolute atomic E-state index is 0.0457.